The maximum absolute atomic E-state index is 5.28. The monoisotopic (exact) mass is 249 g/mol. The second-order valence-corrected chi connectivity index (χ2v) is 4.85. The van der Waals surface area contributed by atoms with Gasteiger partial charge in [0, 0.05) is 4.70 Å². The Kier molecular flexibility index (Phi) is 3.17. The van der Waals surface area contributed by atoms with Crippen molar-refractivity contribution in [3.05, 3.63) is 34.7 Å². The van der Waals surface area contributed by atoms with Gasteiger partial charge in [-0.15, -0.1) is 11.3 Å². The average molecular weight is 249 g/mol. The van der Waals surface area contributed by atoms with Gasteiger partial charge >= 0.3 is 0 Å². The number of nitrogens with two attached hydrogens (primary N) is 1. The molecule has 0 aliphatic rings. The Hall–Kier alpha value is -1.46. The molecule has 1 aromatic heterocycles. The fourth-order valence-electron chi connectivity index (χ4n) is 1.47. The fourth-order valence-corrected chi connectivity index (χ4v) is 2.61. The van der Waals surface area contributed by atoms with Gasteiger partial charge in [-0.1, -0.05) is 18.2 Å². The summed E-state index contributed by atoms with van der Waals surface area (Å²) in [5, 5.41) is 5.41. The van der Waals surface area contributed by atoms with Gasteiger partial charge in [-0.05, 0) is 36.2 Å². The Morgan fingerprint density at radius 1 is 1.50 bits per heavy atom. The fraction of sp³-hybridized carbons (Fsp3) is 0.0909. The number of thiophene rings is 1. The van der Waals surface area contributed by atoms with E-state index in [0.717, 1.165) is 4.88 Å². The molecule has 0 atom stereocenters. The van der Waals surface area contributed by atoms with Crippen LogP contribution in [-0.4, -0.2) is 11.3 Å². The Morgan fingerprint density at radius 2 is 2.25 bits per heavy atom. The number of nitrogens with one attached hydrogen (secondary N) is 1. The second kappa shape index (κ2) is 4.59. The Labute approximate surface area is 103 Å². The van der Waals surface area contributed by atoms with E-state index in [0.29, 0.717) is 0 Å². The van der Waals surface area contributed by atoms with Crippen molar-refractivity contribution in [2.75, 3.05) is 0 Å². The number of benzene rings is 1. The molecule has 3 N–H and O–H groups in total. The molecule has 2 rings (SSSR count). The number of hydrogen-bond acceptors (Lipinski definition) is 3. The summed E-state index contributed by atoms with van der Waals surface area (Å²) in [5.41, 5.74) is 9.06. The van der Waals surface area contributed by atoms with E-state index in [1.165, 1.54) is 15.6 Å². The van der Waals surface area contributed by atoms with Crippen LogP contribution in [0.3, 0.4) is 0 Å². The summed E-state index contributed by atoms with van der Waals surface area (Å²) in [6, 6.07) is 8.29. The van der Waals surface area contributed by atoms with E-state index in [1.54, 1.807) is 17.6 Å². The predicted molar refractivity (Wildman–Crippen MR) is 74.1 cm³/mol. The Morgan fingerprint density at radius 3 is 2.94 bits per heavy atom. The van der Waals surface area contributed by atoms with E-state index in [4.69, 9.17) is 5.73 Å². The first-order valence-corrected chi connectivity index (χ1v) is 5.97. The maximum Gasteiger partial charge on any atom is 0.184 e. The molecule has 1 aromatic carbocycles. The number of rotatable bonds is 2. The first kappa shape index (κ1) is 11.0. The summed E-state index contributed by atoms with van der Waals surface area (Å²) < 4.78 is 1.26. The van der Waals surface area contributed by atoms with E-state index in [1.807, 2.05) is 12.1 Å². The lowest BCUT2D eigenvalue weighted by Crippen LogP contribution is -2.23. The number of nitrogens with zero attached hydrogens (tertiary/aromatic N) is 1. The van der Waals surface area contributed by atoms with Crippen LogP contribution in [0.15, 0.2) is 29.4 Å². The lowest BCUT2D eigenvalue weighted by molar-refractivity contribution is 1.04. The van der Waals surface area contributed by atoms with Gasteiger partial charge in [0.2, 0.25) is 0 Å². The lowest BCUT2D eigenvalue weighted by atomic mass is 10.1. The maximum atomic E-state index is 5.28. The van der Waals surface area contributed by atoms with Gasteiger partial charge in [-0.3, -0.25) is 5.43 Å². The molecule has 0 saturated carbocycles. The van der Waals surface area contributed by atoms with E-state index in [-0.39, 0.29) is 5.11 Å². The third-order valence-electron chi connectivity index (χ3n) is 2.24. The molecule has 0 saturated heterocycles. The molecule has 16 heavy (non-hydrogen) atoms. The van der Waals surface area contributed by atoms with Gasteiger partial charge in [0.05, 0.1) is 11.1 Å². The Bertz CT molecular complexity index is 557. The molecule has 0 aliphatic carbocycles. The molecule has 0 bridgehead atoms. The van der Waals surface area contributed by atoms with Crippen LogP contribution < -0.4 is 11.2 Å². The molecule has 0 radical (unpaired) electrons. The van der Waals surface area contributed by atoms with Crippen molar-refractivity contribution >= 4 is 45.0 Å². The summed E-state index contributed by atoms with van der Waals surface area (Å²) in [6.07, 6.45) is 1.75. The summed E-state index contributed by atoms with van der Waals surface area (Å²) in [7, 11) is 0. The smallest absolute Gasteiger partial charge is 0.184 e. The molecule has 0 aliphatic heterocycles. The van der Waals surface area contributed by atoms with Gasteiger partial charge in [0.1, 0.15) is 0 Å². The minimum absolute atomic E-state index is 0.176. The van der Waals surface area contributed by atoms with Crippen LogP contribution in [0, 0.1) is 6.92 Å². The van der Waals surface area contributed by atoms with Crippen molar-refractivity contribution in [2.24, 2.45) is 10.8 Å². The molecule has 3 nitrogen and oxygen atoms in total. The number of thiocarbonyl (C=S) groups is 1. The minimum atomic E-state index is 0.176. The molecule has 0 unspecified atom stereocenters. The van der Waals surface area contributed by atoms with Gasteiger partial charge in [-0.2, -0.15) is 5.10 Å². The average Bonchev–Trinajstić information content (AvgIpc) is 2.56. The van der Waals surface area contributed by atoms with Crippen molar-refractivity contribution < 1.29 is 0 Å². The van der Waals surface area contributed by atoms with Crippen LogP contribution in [0.4, 0.5) is 0 Å². The van der Waals surface area contributed by atoms with Gasteiger partial charge in [-0.25, -0.2) is 0 Å². The largest absolute Gasteiger partial charge is 0.375 e. The van der Waals surface area contributed by atoms with Gasteiger partial charge < -0.3 is 5.73 Å². The lowest BCUT2D eigenvalue weighted by Gasteiger charge is -1.93. The van der Waals surface area contributed by atoms with Gasteiger partial charge in [0.25, 0.3) is 0 Å². The summed E-state index contributed by atoms with van der Waals surface area (Å²) >= 11 is 6.37. The van der Waals surface area contributed by atoms with E-state index >= 15 is 0 Å². The Balaban J connectivity index is 2.34. The van der Waals surface area contributed by atoms with Crippen molar-refractivity contribution in [2.45, 2.75) is 6.92 Å². The molecule has 82 valence electrons. The second-order valence-electron chi connectivity index (χ2n) is 3.32. The zero-order valence-electron chi connectivity index (χ0n) is 8.73. The number of hydrazone groups is 1. The molecule has 1 heterocycles. The molecule has 0 spiro atoms. The SMILES string of the molecule is Cc1c(/C=N\NC(N)=S)sc2ccccc12. The van der Waals surface area contributed by atoms with Crippen molar-refractivity contribution in [1.29, 1.82) is 0 Å². The van der Waals surface area contributed by atoms with Crippen LogP contribution in [0.5, 0.6) is 0 Å². The van der Waals surface area contributed by atoms with E-state index < -0.39 is 0 Å². The highest BCUT2D eigenvalue weighted by Crippen LogP contribution is 2.29. The van der Waals surface area contributed by atoms with E-state index in [2.05, 4.69) is 41.8 Å². The third-order valence-corrected chi connectivity index (χ3v) is 3.54. The van der Waals surface area contributed by atoms with Crippen molar-refractivity contribution in [3.8, 4) is 0 Å². The summed E-state index contributed by atoms with van der Waals surface area (Å²) in [6.45, 7) is 2.08. The van der Waals surface area contributed by atoms with Crippen LogP contribution in [0.25, 0.3) is 10.1 Å². The number of aryl methyl sites for hydroxylation is 1. The molecular weight excluding hydrogens is 238 g/mol. The third kappa shape index (κ3) is 2.20. The molecular formula is C11H11N3S2. The zero-order chi connectivity index (χ0) is 11.5. The van der Waals surface area contributed by atoms with Crippen molar-refractivity contribution in [1.82, 2.24) is 5.43 Å². The first-order chi connectivity index (χ1) is 7.68. The molecule has 0 fully saturated rings. The molecule has 0 amide bonds. The zero-order valence-corrected chi connectivity index (χ0v) is 10.4. The normalized spacial score (nSPS) is 11.1. The standard InChI is InChI=1S/C11H11N3S2/c1-7-8-4-2-3-5-9(8)16-10(7)6-13-14-11(12)15/h2-6H,1H3,(H3,12,14,15)/b13-6-. The molecule has 2 aromatic rings. The van der Waals surface area contributed by atoms with Crippen molar-refractivity contribution in [3.63, 3.8) is 0 Å². The van der Waals surface area contributed by atoms with Gasteiger partial charge in [0.15, 0.2) is 5.11 Å². The van der Waals surface area contributed by atoms with Crippen LogP contribution in [0.2, 0.25) is 0 Å². The minimum Gasteiger partial charge on any atom is -0.375 e. The summed E-state index contributed by atoms with van der Waals surface area (Å²) in [5.74, 6) is 0. The highest BCUT2D eigenvalue weighted by atomic mass is 32.1. The highest BCUT2D eigenvalue weighted by Gasteiger charge is 2.05. The predicted octanol–water partition coefficient (Wildman–Crippen LogP) is 2.38. The van der Waals surface area contributed by atoms with Crippen LogP contribution >= 0.6 is 23.6 Å². The van der Waals surface area contributed by atoms with E-state index in [9.17, 15) is 0 Å². The topological polar surface area (TPSA) is 50.4 Å². The quantitative estimate of drug-likeness (QED) is 0.488. The first-order valence-electron chi connectivity index (χ1n) is 4.75. The van der Waals surface area contributed by atoms with Crippen LogP contribution in [0.1, 0.15) is 10.4 Å². The van der Waals surface area contributed by atoms with Crippen LogP contribution in [-0.2, 0) is 0 Å². The number of hydrogen-bond donors (Lipinski definition) is 2. The molecule has 5 heteroatoms. The number of fused-ring (bicyclic) bond motifs is 1. The highest BCUT2D eigenvalue weighted by molar-refractivity contribution is 7.80. The summed E-state index contributed by atoms with van der Waals surface area (Å²) in [4.78, 5) is 1.12.